The summed E-state index contributed by atoms with van der Waals surface area (Å²) >= 11 is 0. The van der Waals surface area contributed by atoms with Gasteiger partial charge in [-0.15, -0.1) is 0 Å². The molecule has 1 saturated heterocycles. The highest BCUT2D eigenvalue weighted by Crippen LogP contribution is 2.39. The number of carbonyl (C=O) groups excluding carboxylic acids is 1. The third-order valence-corrected chi connectivity index (χ3v) is 18.1. The first-order valence-corrected chi connectivity index (χ1v) is 27.5. The average molecular weight is 893 g/mol. The normalized spacial score (nSPS) is 18.0. The molecular weight excluding hydrogens is 825 g/mol. The second-order valence-electron chi connectivity index (χ2n) is 18.9. The summed E-state index contributed by atoms with van der Waals surface area (Å²) in [6, 6.07) is 35.7. The summed E-state index contributed by atoms with van der Waals surface area (Å²) in [4.78, 5) is 13.6. The molecular formula is C52H68O9Si2. The molecule has 1 fully saturated rings. The molecule has 9 nitrogen and oxygen atoms in total. The van der Waals surface area contributed by atoms with Crippen molar-refractivity contribution < 1.29 is 42.7 Å². The number of aliphatic hydroxyl groups is 1. The average Bonchev–Trinajstić information content (AvgIpc) is 3.56. The van der Waals surface area contributed by atoms with E-state index in [4.69, 9.17) is 32.8 Å². The van der Waals surface area contributed by atoms with Gasteiger partial charge < -0.3 is 38.0 Å². The van der Waals surface area contributed by atoms with Crippen molar-refractivity contribution in [1.29, 1.82) is 0 Å². The van der Waals surface area contributed by atoms with E-state index in [9.17, 15) is 9.90 Å². The molecule has 4 aromatic carbocycles. The maximum absolute atomic E-state index is 13.6. The van der Waals surface area contributed by atoms with Gasteiger partial charge in [-0.3, -0.25) is 0 Å². The number of methoxy groups -OCH3 is 2. The van der Waals surface area contributed by atoms with Crippen LogP contribution in [0.1, 0.15) is 69.4 Å². The molecule has 0 aromatic heterocycles. The molecule has 5 rings (SSSR count). The minimum Gasteiger partial charge on any atom is -0.497 e. The van der Waals surface area contributed by atoms with Crippen LogP contribution in [0.3, 0.4) is 0 Å². The number of hydrogen-bond acceptors (Lipinski definition) is 9. The van der Waals surface area contributed by atoms with E-state index in [1.807, 2.05) is 56.3 Å². The third kappa shape index (κ3) is 13.3. The van der Waals surface area contributed by atoms with Crippen molar-refractivity contribution in [2.75, 3.05) is 27.6 Å². The topological polar surface area (TPSA) is 102 Å². The number of aliphatic hydroxyl groups excluding tert-OH is 1. The van der Waals surface area contributed by atoms with Crippen LogP contribution in [0, 0.1) is 17.8 Å². The number of benzene rings is 4. The lowest BCUT2D eigenvalue weighted by molar-refractivity contribution is -0.151. The SMILES string of the molecule is COCOc1cc(OC)cc(/C=C/C[C@@H]2OC(C)(C)O[C@@H]2C(O)C#C[C@@H](Cc2ccccc2)[C@@H](C)O[Si](c2ccccc2)(c2ccccc2)C(C)(C)C)c1C(=O)OCC[Si](C)(C)C. The summed E-state index contributed by atoms with van der Waals surface area (Å²) in [6.45, 7) is 19.5. The van der Waals surface area contributed by atoms with Crippen molar-refractivity contribution in [2.24, 2.45) is 5.92 Å². The lowest BCUT2D eigenvalue weighted by atomic mass is 9.94. The van der Waals surface area contributed by atoms with E-state index in [-0.39, 0.29) is 35.2 Å². The number of esters is 1. The van der Waals surface area contributed by atoms with Gasteiger partial charge in [-0.25, -0.2) is 4.79 Å². The Hall–Kier alpha value is -4.52. The van der Waals surface area contributed by atoms with Crippen LogP contribution < -0.4 is 19.8 Å². The van der Waals surface area contributed by atoms with Crippen molar-refractivity contribution in [3.63, 3.8) is 0 Å². The minimum atomic E-state index is -2.92. The van der Waals surface area contributed by atoms with Gasteiger partial charge in [-0.1, -0.05) is 155 Å². The Morgan fingerprint density at radius 1 is 0.889 bits per heavy atom. The lowest BCUT2D eigenvalue weighted by Gasteiger charge is -2.45. The predicted octanol–water partition coefficient (Wildman–Crippen LogP) is 9.28. The van der Waals surface area contributed by atoms with Crippen molar-refractivity contribution >= 4 is 38.8 Å². The van der Waals surface area contributed by atoms with E-state index in [2.05, 4.69) is 120 Å². The zero-order valence-corrected chi connectivity index (χ0v) is 41.1. The highest BCUT2D eigenvalue weighted by molar-refractivity contribution is 6.99. The zero-order chi connectivity index (χ0) is 45.8. The maximum Gasteiger partial charge on any atom is 0.342 e. The van der Waals surface area contributed by atoms with Gasteiger partial charge in [-0.2, -0.15) is 0 Å². The molecule has 4 aromatic rings. The van der Waals surface area contributed by atoms with Crippen molar-refractivity contribution in [1.82, 2.24) is 0 Å². The number of hydrogen-bond donors (Lipinski definition) is 1. The monoisotopic (exact) mass is 892 g/mol. The first-order chi connectivity index (χ1) is 29.9. The fourth-order valence-electron chi connectivity index (χ4n) is 8.01. The largest absolute Gasteiger partial charge is 0.497 e. The summed E-state index contributed by atoms with van der Waals surface area (Å²) in [7, 11) is -1.30. The van der Waals surface area contributed by atoms with E-state index in [1.165, 1.54) is 17.5 Å². The molecule has 5 atom stereocenters. The van der Waals surface area contributed by atoms with Crippen LogP contribution in [0.25, 0.3) is 6.08 Å². The Bertz CT molecular complexity index is 2110. The molecule has 1 aliphatic heterocycles. The Morgan fingerprint density at radius 2 is 1.49 bits per heavy atom. The van der Waals surface area contributed by atoms with E-state index in [0.29, 0.717) is 30.8 Å². The number of carbonyl (C=O) groups is 1. The summed E-state index contributed by atoms with van der Waals surface area (Å²) in [5.41, 5.74) is 1.94. The quantitative estimate of drug-likeness (QED) is 0.0428. The Balaban J connectivity index is 1.45. The van der Waals surface area contributed by atoms with Crippen molar-refractivity contribution in [3.8, 4) is 23.3 Å². The van der Waals surface area contributed by atoms with Crippen LogP contribution >= 0.6 is 0 Å². The number of rotatable bonds is 19. The van der Waals surface area contributed by atoms with Gasteiger partial charge >= 0.3 is 5.97 Å². The highest BCUT2D eigenvalue weighted by Gasteiger charge is 2.51. The molecule has 1 heterocycles. The van der Waals surface area contributed by atoms with Crippen LogP contribution in [-0.4, -0.2) is 85.3 Å². The van der Waals surface area contributed by atoms with E-state index in [1.54, 1.807) is 19.2 Å². The highest BCUT2D eigenvalue weighted by atomic mass is 28.4. The van der Waals surface area contributed by atoms with Crippen LogP contribution in [0.4, 0.5) is 0 Å². The standard InChI is InChI=1S/C52H68O9Si2/c1-38(61-63(51(2,3)4,43-25-17-13-18-26-43)44-27-19-14-20-28-44)40(34-39-22-15-12-16-23-39)30-31-45(53)49-46(59-52(5,6)60-49)29-21-24-41-35-42(56-8)36-47(58-37-55-7)48(41)50(54)57-32-33-62(9,10)11/h12-28,35-36,38,40,45-46,49,53H,29,32-34,37H2,1-11H3/b24-21+/t38-,40+,45?,46+,49-/m1/s1. The van der Waals surface area contributed by atoms with Gasteiger partial charge in [0.2, 0.25) is 0 Å². The molecule has 11 heteroatoms. The molecule has 0 radical (unpaired) electrons. The molecule has 1 N–H and O–H groups in total. The van der Waals surface area contributed by atoms with E-state index >= 15 is 0 Å². The molecule has 0 bridgehead atoms. The van der Waals surface area contributed by atoms with Gasteiger partial charge in [0, 0.05) is 27.2 Å². The van der Waals surface area contributed by atoms with Gasteiger partial charge in [0.05, 0.1) is 25.9 Å². The second-order valence-corrected chi connectivity index (χ2v) is 28.8. The fraction of sp³-hybridized carbons (Fsp3) is 0.442. The summed E-state index contributed by atoms with van der Waals surface area (Å²) in [6.07, 6.45) is 1.88. The van der Waals surface area contributed by atoms with Gasteiger partial charge in [0.15, 0.2) is 12.6 Å². The zero-order valence-electron chi connectivity index (χ0n) is 39.1. The first-order valence-electron chi connectivity index (χ1n) is 21.9. The van der Waals surface area contributed by atoms with E-state index < -0.39 is 46.5 Å². The molecule has 0 spiro atoms. The Morgan fingerprint density at radius 3 is 2.05 bits per heavy atom. The van der Waals surface area contributed by atoms with Crippen LogP contribution in [0.15, 0.2) is 109 Å². The molecule has 0 amide bonds. The van der Waals surface area contributed by atoms with Crippen LogP contribution in [-0.2, 0) is 29.8 Å². The van der Waals surface area contributed by atoms with Crippen molar-refractivity contribution in [2.45, 2.75) is 115 Å². The fourth-order valence-corrected chi connectivity index (χ4v) is 13.5. The van der Waals surface area contributed by atoms with Crippen molar-refractivity contribution in [3.05, 3.63) is 126 Å². The van der Waals surface area contributed by atoms with Gasteiger partial charge in [0.1, 0.15) is 29.3 Å². The Kier molecular flexibility index (Phi) is 17.2. The Labute approximate surface area is 378 Å². The predicted molar refractivity (Wildman–Crippen MR) is 257 cm³/mol. The first kappa shape index (κ1) is 49.5. The third-order valence-electron chi connectivity index (χ3n) is 11.2. The summed E-state index contributed by atoms with van der Waals surface area (Å²) in [5, 5.41) is 14.0. The van der Waals surface area contributed by atoms with Gasteiger partial charge in [-0.05, 0) is 72.3 Å². The summed E-state index contributed by atoms with van der Waals surface area (Å²) < 4.78 is 42.7. The summed E-state index contributed by atoms with van der Waals surface area (Å²) in [5.74, 6) is 5.75. The minimum absolute atomic E-state index is 0.0645. The molecule has 0 saturated carbocycles. The molecule has 1 aliphatic rings. The van der Waals surface area contributed by atoms with E-state index in [0.717, 1.165) is 11.6 Å². The maximum atomic E-state index is 13.6. The molecule has 1 unspecified atom stereocenters. The smallest absolute Gasteiger partial charge is 0.342 e. The lowest BCUT2D eigenvalue weighted by Crippen LogP contribution is -2.68. The van der Waals surface area contributed by atoms with Crippen LogP contribution in [0.2, 0.25) is 30.7 Å². The number of ether oxygens (including phenoxy) is 6. The van der Waals surface area contributed by atoms with Crippen LogP contribution in [0.5, 0.6) is 11.5 Å². The second kappa shape index (κ2) is 21.9. The molecule has 338 valence electrons. The molecule has 63 heavy (non-hydrogen) atoms. The van der Waals surface area contributed by atoms with Gasteiger partial charge in [0.25, 0.3) is 8.32 Å². The molecule has 0 aliphatic carbocycles.